The number of carbonyl (C=O) groups is 1. The number of piperidine rings is 1. The Morgan fingerprint density at radius 3 is 2.96 bits per heavy atom. The molecule has 3 heterocycles. The van der Waals surface area contributed by atoms with E-state index >= 15 is 0 Å². The minimum absolute atomic E-state index is 0.258. The molecule has 0 bridgehead atoms. The van der Waals surface area contributed by atoms with Gasteiger partial charge >= 0.3 is 6.09 Å². The zero-order valence-electron chi connectivity index (χ0n) is 15.4. The van der Waals surface area contributed by atoms with E-state index in [-0.39, 0.29) is 18.6 Å². The molecule has 1 aliphatic rings. The molecule has 1 aromatic carbocycles. The third-order valence-electron chi connectivity index (χ3n) is 4.71. The van der Waals surface area contributed by atoms with Crippen LogP contribution < -0.4 is 0 Å². The first kappa shape index (κ1) is 18.1. The Hall–Kier alpha value is -3.29. The number of benzene rings is 1. The van der Waals surface area contributed by atoms with Crippen molar-refractivity contribution in [1.29, 1.82) is 0 Å². The zero-order chi connectivity index (χ0) is 19.2. The summed E-state index contributed by atoms with van der Waals surface area (Å²) in [6, 6.07) is 9.68. The van der Waals surface area contributed by atoms with Gasteiger partial charge < -0.3 is 14.2 Å². The summed E-state index contributed by atoms with van der Waals surface area (Å²) >= 11 is 0. The molecular formula is C20H21N5O3. The summed E-state index contributed by atoms with van der Waals surface area (Å²) in [4.78, 5) is 26.7. The monoisotopic (exact) mass is 379 g/mol. The number of carbonyl (C=O) groups excluding carboxylic acids is 1. The second kappa shape index (κ2) is 8.60. The van der Waals surface area contributed by atoms with Crippen molar-refractivity contribution in [3.63, 3.8) is 0 Å². The molecule has 1 atom stereocenters. The average molecular weight is 379 g/mol. The minimum atomic E-state index is -0.278. The molecule has 4 rings (SSSR count). The van der Waals surface area contributed by atoms with Crippen molar-refractivity contribution in [3.05, 3.63) is 60.4 Å². The van der Waals surface area contributed by atoms with Gasteiger partial charge in [-0.3, -0.25) is 4.98 Å². The fraction of sp³-hybridized carbons (Fsp3) is 0.350. The Labute approximate surface area is 162 Å². The zero-order valence-corrected chi connectivity index (χ0v) is 15.4. The predicted octanol–water partition coefficient (Wildman–Crippen LogP) is 3.12. The van der Waals surface area contributed by atoms with E-state index in [9.17, 15) is 4.79 Å². The second-order valence-corrected chi connectivity index (χ2v) is 6.80. The van der Waals surface area contributed by atoms with Gasteiger partial charge in [0.15, 0.2) is 0 Å². The lowest BCUT2D eigenvalue weighted by atomic mass is 9.95. The Balaban J connectivity index is 1.31. The maximum Gasteiger partial charge on any atom is 0.410 e. The van der Waals surface area contributed by atoms with Crippen LogP contribution in [0.15, 0.2) is 53.4 Å². The van der Waals surface area contributed by atoms with E-state index in [1.165, 1.54) is 0 Å². The van der Waals surface area contributed by atoms with Crippen molar-refractivity contribution >= 4 is 6.09 Å². The predicted molar refractivity (Wildman–Crippen MR) is 100.0 cm³/mol. The molecule has 8 nitrogen and oxygen atoms in total. The van der Waals surface area contributed by atoms with Gasteiger partial charge in [-0.25, -0.2) is 9.78 Å². The number of nitrogens with zero attached hydrogens (tertiary/aromatic N) is 5. The summed E-state index contributed by atoms with van der Waals surface area (Å²) in [5.41, 5.74) is 1.55. The van der Waals surface area contributed by atoms with Crippen molar-refractivity contribution in [3.8, 4) is 11.5 Å². The summed E-state index contributed by atoms with van der Waals surface area (Å²) in [6.45, 7) is 1.61. The molecule has 0 N–H and O–H groups in total. The van der Waals surface area contributed by atoms with E-state index in [1.807, 2.05) is 30.3 Å². The molecule has 1 saturated heterocycles. The van der Waals surface area contributed by atoms with Crippen molar-refractivity contribution in [1.82, 2.24) is 25.0 Å². The van der Waals surface area contributed by atoms with Crippen LogP contribution in [0.4, 0.5) is 4.79 Å². The highest BCUT2D eigenvalue weighted by Gasteiger charge is 2.26. The van der Waals surface area contributed by atoms with Gasteiger partial charge in [0, 0.05) is 31.9 Å². The maximum atomic E-state index is 12.4. The third-order valence-corrected chi connectivity index (χ3v) is 4.71. The summed E-state index contributed by atoms with van der Waals surface area (Å²) in [6.07, 6.45) is 7.06. The molecule has 8 heteroatoms. The van der Waals surface area contributed by atoms with Gasteiger partial charge in [0.1, 0.15) is 12.3 Å². The molecule has 1 aliphatic heterocycles. The van der Waals surface area contributed by atoms with E-state index in [2.05, 4.69) is 20.1 Å². The van der Waals surface area contributed by atoms with Crippen molar-refractivity contribution in [2.45, 2.75) is 25.9 Å². The molecule has 0 spiro atoms. The van der Waals surface area contributed by atoms with Crippen LogP contribution in [0.3, 0.4) is 0 Å². The largest absolute Gasteiger partial charge is 0.445 e. The summed E-state index contributed by atoms with van der Waals surface area (Å²) in [7, 11) is 0. The Kier molecular flexibility index (Phi) is 5.56. The van der Waals surface area contributed by atoms with Crippen LogP contribution >= 0.6 is 0 Å². The first-order valence-electron chi connectivity index (χ1n) is 9.32. The van der Waals surface area contributed by atoms with Gasteiger partial charge in [-0.05, 0) is 24.3 Å². The Morgan fingerprint density at radius 1 is 1.25 bits per heavy atom. The lowest BCUT2D eigenvalue weighted by molar-refractivity contribution is 0.0780. The van der Waals surface area contributed by atoms with Gasteiger partial charge in [0.05, 0.1) is 6.20 Å². The number of aromatic nitrogens is 4. The second-order valence-electron chi connectivity index (χ2n) is 6.80. The Bertz CT molecular complexity index is 900. The first-order chi connectivity index (χ1) is 13.8. The molecule has 0 saturated carbocycles. The van der Waals surface area contributed by atoms with Crippen molar-refractivity contribution < 1.29 is 14.1 Å². The third kappa shape index (κ3) is 4.51. The van der Waals surface area contributed by atoms with Crippen molar-refractivity contribution in [2.24, 2.45) is 5.92 Å². The van der Waals surface area contributed by atoms with Gasteiger partial charge in [-0.1, -0.05) is 35.5 Å². The number of amides is 1. The van der Waals surface area contributed by atoms with Crippen LogP contribution in [0.5, 0.6) is 0 Å². The number of hydrogen-bond acceptors (Lipinski definition) is 7. The minimum Gasteiger partial charge on any atom is -0.445 e. The van der Waals surface area contributed by atoms with Crippen LogP contribution in [0, 0.1) is 5.92 Å². The molecule has 28 heavy (non-hydrogen) atoms. The van der Waals surface area contributed by atoms with Crippen molar-refractivity contribution in [2.75, 3.05) is 13.1 Å². The van der Waals surface area contributed by atoms with E-state index in [4.69, 9.17) is 9.26 Å². The Morgan fingerprint density at radius 2 is 2.14 bits per heavy atom. The first-order valence-corrected chi connectivity index (χ1v) is 9.32. The molecular weight excluding hydrogens is 358 g/mol. The molecule has 1 unspecified atom stereocenters. The average Bonchev–Trinajstić information content (AvgIpc) is 3.22. The van der Waals surface area contributed by atoms with E-state index in [0.717, 1.165) is 18.4 Å². The van der Waals surface area contributed by atoms with Crippen LogP contribution in [0.1, 0.15) is 24.3 Å². The van der Waals surface area contributed by atoms with Crippen LogP contribution in [0.25, 0.3) is 11.5 Å². The summed E-state index contributed by atoms with van der Waals surface area (Å²) in [5.74, 6) is 1.23. The van der Waals surface area contributed by atoms with Crippen LogP contribution in [0.2, 0.25) is 0 Å². The standard InChI is InChI=1S/C20H21N5O3/c26-20(27-14-15-5-2-1-3-6-15)25-10-4-7-16(13-25)11-18-23-19(24-28-18)17-12-21-8-9-22-17/h1-3,5-6,8-9,12,16H,4,7,10-11,13-14H2. The smallest absolute Gasteiger partial charge is 0.410 e. The molecule has 1 amide bonds. The topological polar surface area (TPSA) is 94.2 Å². The normalized spacial score (nSPS) is 16.7. The number of likely N-dealkylation sites (tertiary alicyclic amines) is 1. The highest BCUT2D eigenvalue weighted by molar-refractivity contribution is 5.67. The van der Waals surface area contributed by atoms with E-state index in [1.54, 1.807) is 23.5 Å². The van der Waals surface area contributed by atoms with Crippen LogP contribution in [-0.4, -0.2) is 44.2 Å². The van der Waals surface area contributed by atoms with Crippen LogP contribution in [-0.2, 0) is 17.8 Å². The van der Waals surface area contributed by atoms with Gasteiger partial charge in [-0.15, -0.1) is 0 Å². The van der Waals surface area contributed by atoms with Gasteiger partial charge in [0.2, 0.25) is 11.7 Å². The lowest BCUT2D eigenvalue weighted by Gasteiger charge is -2.31. The molecule has 2 aromatic heterocycles. The molecule has 0 radical (unpaired) electrons. The number of ether oxygens (including phenoxy) is 1. The molecule has 3 aromatic rings. The van der Waals surface area contributed by atoms with Gasteiger partial charge in [-0.2, -0.15) is 4.98 Å². The van der Waals surface area contributed by atoms with E-state index < -0.39 is 0 Å². The van der Waals surface area contributed by atoms with E-state index in [0.29, 0.717) is 36.9 Å². The molecule has 1 fully saturated rings. The number of rotatable bonds is 5. The van der Waals surface area contributed by atoms with Gasteiger partial charge in [0.25, 0.3) is 0 Å². The number of hydrogen-bond donors (Lipinski definition) is 0. The highest BCUT2D eigenvalue weighted by atomic mass is 16.6. The maximum absolute atomic E-state index is 12.4. The molecule has 144 valence electrons. The lowest BCUT2D eigenvalue weighted by Crippen LogP contribution is -2.40. The fourth-order valence-electron chi connectivity index (χ4n) is 3.31. The quantitative estimate of drug-likeness (QED) is 0.672. The SMILES string of the molecule is O=C(OCc1ccccc1)N1CCCC(Cc2nc(-c3cnccn3)no2)C1. The summed E-state index contributed by atoms with van der Waals surface area (Å²) < 4.78 is 10.8. The fourth-order valence-corrected chi connectivity index (χ4v) is 3.31. The highest BCUT2D eigenvalue weighted by Crippen LogP contribution is 2.22. The summed E-state index contributed by atoms with van der Waals surface area (Å²) in [5, 5.41) is 3.98. The molecule has 0 aliphatic carbocycles.